The summed E-state index contributed by atoms with van der Waals surface area (Å²) in [4.78, 5) is 4.27. The van der Waals surface area contributed by atoms with Gasteiger partial charge in [-0.1, -0.05) is 0 Å². The van der Waals surface area contributed by atoms with Gasteiger partial charge >= 0.3 is 0 Å². The molecule has 0 aliphatic rings. The van der Waals surface area contributed by atoms with E-state index < -0.39 is 0 Å². The first-order chi connectivity index (χ1) is 10.1. The van der Waals surface area contributed by atoms with Crippen LogP contribution in [0.25, 0.3) is 0 Å². The molecular weight excluding hydrogens is 354 g/mol. The first-order valence-corrected chi connectivity index (χ1v) is 8.02. The molecule has 1 aromatic heterocycles. The van der Waals surface area contributed by atoms with E-state index in [-0.39, 0.29) is 0 Å². The second kappa shape index (κ2) is 7.42. The van der Waals surface area contributed by atoms with E-state index in [0.29, 0.717) is 18.1 Å². The minimum absolute atomic E-state index is 0.585. The summed E-state index contributed by atoms with van der Waals surface area (Å²) < 4.78 is 11.7. The number of anilines is 1. The van der Waals surface area contributed by atoms with Gasteiger partial charge in [0.2, 0.25) is 5.13 Å². The van der Waals surface area contributed by atoms with E-state index in [9.17, 15) is 0 Å². The molecule has 0 amide bonds. The molecule has 5 nitrogen and oxygen atoms in total. The Hall–Kier alpha value is -1.60. The third kappa shape index (κ3) is 4.18. The number of thiazole rings is 1. The Morgan fingerprint density at radius 3 is 2.86 bits per heavy atom. The minimum atomic E-state index is 0.585. The van der Waals surface area contributed by atoms with Crippen molar-refractivity contribution < 1.29 is 9.47 Å². The van der Waals surface area contributed by atoms with Crippen molar-refractivity contribution in [1.29, 1.82) is 0 Å². The molecule has 0 atom stereocenters. The van der Waals surface area contributed by atoms with Crippen molar-refractivity contribution in [2.45, 2.75) is 13.8 Å². The second-order valence-corrected chi connectivity index (χ2v) is 5.83. The van der Waals surface area contributed by atoms with E-state index in [1.807, 2.05) is 31.4 Å². The van der Waals surface area contributed by atoms with Gasteiger partial charge < -0.3 is 9.47 Å². The smallest absolute Gasteiger partial charge is 0.203 e. The number of aromatic nitrogens is 1. The molecule has 0 aliphatic carbocycles. The number of rotatable bonds is 6. The van der Waals surface area contributed by atoms with Crippen molar-refractivity contribution in [3.05, 3.63) is 33.2 Å². The Morgan fingerprint density at radius 2 is 2.24 bits per heavy atom. The van der Waals surface area contributed by atoms with Crippen LogP contribution in [0.1, 0.15) is 18.2 Å². The van der Waals surface area contributed by atoms with Gasteiger partial charge in [0, 0.05) is 15.4 Å². The Morgan fingerprint density at radius 1 is 1.43 bits per heavy atom. The zero-order valence-corrected chi connectivity index (χ0v) is 14.4. The summed E-state index contributed by atoms with van der Waals surface area (Å²) in [6.07, 6.45) is 1.71. The van der Waals surface area contributed by atoms with Gasteiger partial charge in [0.25, 0.3) is 0 Å². The van der Waals surface area contributed by atoms with Crippen LogP contribution in [0.4, 0.5) is 5.13 Å². The second-order valence-electron chi connectivity index (χ2n) is 4.12. The zero-order valence-electron chi connectivity index (χ0n) is 12.0. The molecule has 112 valence electrons. The van der Waals surface area contributed by atoms with Crippen molar-refractivity contribution in [2.24, 2.45) is 5.10 Å². The Bertz CT molecular complexity index is 643. The van der Waals surface area contributed by atoms with Gasteiger partial charge in [-0.25, -0.2) is 4.98 Å². The molecule has 0 fully saturated rings. The molecule has 0 saturated heterocycles. The van der Waals surface area contributed by atoms with Crippen LogP contribution in [0.3, 0.4) is 0 Å². The molecule has 1 heterocycles. The molecule has 21 heavy (non-hydrogen) atoms. The number of nitrogens with zero attached hydrogens (tertiary/aromatic N) is 2. The predicted octanol–water partition coefficient (Wildman–Crippen LogP) is 4.07. The molecule has 1 aromatic carbocycles. The van der Waals surface area contributed by atoms with Crippen LogP contribution < -0.4 is 14.9 Å². The van der Waals surface area contributed by atoms with Crippen LogP contribution in [0.15, 0.2) is 27.1 Å². The number of hydrogen-bond donors (Lipinski definition) is 1. The summed E-state index contributed by atoms with van der Waals surface area (Å²) in [5.74, 6) is 1.37. The third-order valence-electron chi connectivity index (χ3n) is 2.57. The van der Waals surface area contributed by atoms with E-state index >= 15 is 0 Å². The van der Waals surface area contributed by atoms with Crippen LogP contribution in [0.5, 0.6) is 11.5 Å². The van der Waals surface area contributed by atoms with Gasteiger partial charge in [-0.15, -0.1) is 11.3 Å². The lowest BCUT2D eigenvalue weighted by Gasteiger charge is -2.11. The first kappa shape index (κ1) is 15.8. The molecular formula is C14H16BrN3O2S. The van der Waals surface area contributed by atoms with E-state index in [4.69, 9.17) is 9.47 Å². The van der Waals surface area contributed by atoms with Gasteiger partial charge in [-0.05, 0) is 41.9 Å². The molecule has 0 spiro atoms. The van der Waals surface area contributed by atoms with Crippen molar-refractivity contribution in [3.8, 4) is 11.5 Å². The van der Waals surface area contributed by atoms with Crippen LogP contribution in [-0.2, 0) is 0 Å². The number of benzene rings is 1. The Kier molecular flexibility index (Phi) is 5.58. The normalized spacial score (nSPS) is 10.9. The van der Waals surface area contributed by atoms with Gasteiger partial charge in [0.05, 0.1) is 25.6 Å². The Labute approximate surface area is 136 Å². The fourth-order valence-electron chi connectivity index (χ4n) is 1.64. The highest BCUT2D eigenvalue weighted by Gasteiger charge is 2.08. The molecule has 2 aromatic rings. The topological polar surface area (TPSA) is 55.7 Å². The quantitative estimate of drug-likeness (QED) is 0.615. The SMILES string of the molecule is CCOc1cc(Br)c(C=NNc2nc(C)cs2)cc1OC. The fourth-order valence-corrected chi connectivity index (χ4v) is 2.70. The molecule has 0 radical (unpaired) electrons. The number of methoxy groups -OCH3 is 1. The van der Waals surface area contributed by atoms with Crippen LogP contribution in [-0.4, -0.2) is 24.9 Å². The lowest BCUT2D eigenvalue weighted by atomic mass is 10.2. The number of nitrogens with one attached hydrogen (secondary N) is 1. The molecule has 2 rings (SSSR count). The van der Waals surface area contributed by atoms with E-state index in [2.05, 4.69) is 31.4 Å². The number of hydrazone groups is 1. The summed E-state index contributed by atoms with van der Waals surface area (Å²) >= 11 is 5.02. The van der Waals surface area contributed by atoms with Crippen molar-refractivity contribution >= 4 is 38.6 Å². The number of hydrogen-bond acceptors (Lipinski definition) is 6. The standard InChI is InChI=1S/C14H16BrN3O2S/c1-4-20-13-6-11(15)10(5-12(13)19-3)7-16-18-14-17-9(2)8-21-14/h5-8H,4H2,1-3H3,(H,17,18). The van der Waals surface area contributed by atoms with E-state index in [0.717, 1.165) is 20.9 Å². The summed E-state index contributed by atoms with van der Waals surface area (Å²) in [6, 6.07) is 3.74. The molecule has 0 unspecified atom stereocenters. The maximum Gasteiger partial charge on any atom is 0.203 e. The lowest BCUT2D eigenvalue weighted by molar-refractivity contribution is 0.310. The summed E-state index contributed by atoms with van der Waals surface area (Å²) in [5.41, 5.74) is 4.76. The highest BCUT2D eigenvalue weighted by Crippen LogP contribution is 2.32. The summed E-state index contributed by atoms with van der Waals surface area (Å²) in [6.45, 7) is 4.46. The molecule has 1 N–H and O–H groups in total. The van der Waals surface area contributed by atoms with Crippen molar-refractivity contribution in [2.75, 3.05) is 19.1 Å². The van der Waals surface area contributed by atoms with Gasteiger partial charge in [0.1, 0.15) is 0 Å². The van der Waals surface area contributed by atoms with Crippen LogP contribution >= 0.6 is 27.3 Å². The number of halogens is 1. The van der Waals surface area contributed by atoms with Crippen molar-refractivity contribution in [1.82, 2.24) is 4.98 Å². The average Bonchev–Trinajstić information content (AvgIpc) is 2.87. The maximum atomic E-state index is 5.52. The molecule has 0 bridgehead atoms. The first-order valence-electron chi connectivity index (χ1n) is 6.35. The fraction of sp³-hybridized carbons (Fsp3) is 0.286. The predicted molar refractivity (Wildman–Crippen MR) is 89.9 cm³/mol. The van der Waals surface area contributed by atoms with Crippen LogP contribution in [0.2, 0.25) is 0 Å². The summed E-state index contributed by atoms with van der Waals surface area (Å²) in [5, 5.41) is 6.91. The largest absolute Gasteiger partial charge is 0.493 e. The van der Waals surface area contributed by atoms with Gasteiger partial charge in [0.15, 0.2) is 11.5 Å². The third-order valence-corrected chi connectivity index (χ3v) is 4.12. The highest BCUT2D eigenvalue weighted by molar-refractivity contribution is 9.10. The summed E-state index contributed by atoms with van der Waals surface area (Å²) in [7, 11) is 1.61. The maximum absolute atomic E-state index is 5.52. The number of ether oxygens (including phenoxy) is 2. The minimum Gasteiger partial charge on any atom is -0.493 e. The van der Waals surface area contributed by atoms with Gasteiger partial charge in [-0.2, -0.15) is 5.10 Å². The Balaban J connectivity index is 2.15. The average molecular weight is 370 g/mol. The van der Waals surface area contributed by atoms with Crippen molar-refractivity contribution in [3.63, 3.8) is 0 Å². The highest BCUT2D eigenvalue weighted by atomic mass is 79.9. The molecule has 7 heteroatoms. The zero-order chi connectivity index (χ0) is 15.2. The van der Waals surface area contributed by atoms with Gasteiger partial charge in [-0.3, -0.25) is 5.43 Å². The lowest BCUT2D eigenvalue weighted by Crippen LogP contribution is -1.98. The monoisotopic (exact) mass is 369 g/mol. The van der Waals surface area contributed by atoms with E-state index in [1.165, 1.54) is 11.3 Å². The number of aryl methyl sites for hydroxylation is 1. The molecule has 0 saturated carbocycles. The van der Waals surface area contributed by atoms with E-state index in [1.54, 1.807) is 13.3 Å². The van der Waals surface area contributed by atoms with Crippen LogP contribution in [0, 0.1) is 6.92 Å². The molecule has 0 aliphatic heterocycles.